The molecule has 5 nitrogen and oxygen atoms in total. The van der Waals surface area contributed by atoms with Gasteiger partial charge in [-0.25, -0.2) is 0 Å². The zero-order valence-corrected chi connectivity index (χ0v) is 11.5. The molecule has 1 aromatic carbocycles. The predicted molar refractivity (Wildman–Crippen MR) is 73.2 cm³/mol. The molecule has 1 aliphatic heterocycles. The third kappa shape index (κ3) is 2.43. The Morgan fingerprint density at radius 2 is 2.20 bits per heavy atom. The van der Waals surface area contributed by atoms with Crippen molar-refractivity contribution in [1.29, 1.82) is 0 Å². The maximum absolute atomic E-state index is 12.4. The number of hydrogen-bond acceptors (Lipinski definition) is 4. The number of aromatic nitrogens is 2. The molecule has 0 fully saturated rings. The summed E-state index contributed by atoms with van der Waals surface area (Å²) >= 11 is 0. The first-order chi connectivity index (χ1) is 9.78. The lowest BCUT2D eigenvalue weighted by Crippen LogP contribution is -2.37. The Bertz CT molecular complexity index is 621. The quantitative estimate of drug-likeness (QED) is 0.855. The lowest BCUT2D eigenvalue weighted by atomic mass is 9.99. The van der Waals surface area contributed by atoms with Crippen molar-refractivity contribution in [2.24, 2.45) is 0 Å². The minimum Gasteiger partial charge on any atom is -0.339 e. The minimum atomic E-state index is 0.0497. The molecule has 3 rings (SSSR count). The van der Waals surface area contributed by atoms with Crippen LogP contribution >= 0.6 is 0 Å². The number of carbonyl (C=O) groups is 1. The van der Waals surface area contributed by atoms with E-state index >= 15 is 0 Å². The van der Waals surface area contributed by atoms with Crippen LogP contribution in [-0.4, -0.2) is 27.5 Å². The number of hydrogen-bond donors (Lipinski definition) is 0. The van der Waals surface area contributed by atoms with Crippen molar-refractivity contribution < 1.29 is 9.32 Å². The van der Waals surface area contributed by atoms with E-state index in [2.05, 4.69) is 17.1 Å². The second kappa shape index (κ2) is 5.45. The summed E-state index contributed by atoms with van der Waals surface area (Å²) in [6.07, 6.45) is 2.63. The summed E-state index contributed by atoms with van der Waals surface area (Å²) in [6.45, 7) is 3.18. The second-order valence-corrected chi connectivity index (χ2v) is 4.99. The Kier molecular flexibility index (Phi) is 3.50. The highest BCUT2D eigenvalue weighted by Gasteiger charge is 2.25. The van der Waals surface area contributed by atoms with Gasteiger partial charge in [-0.15, -0.1) is 0 Å². The highest BCUT2D eigenvalue weighted by Crippen LogP contribution is 2.19. The Morgan fingerprint density at radius 1 is 1.35 bits per heavy atom. The summed E-state index contributed by atoms with van der Waals surface area (Å²) < 4.78 is 5.15. The van der Waals surface area contributed by atoms with E-state index < -0.39 is 0 Å². The molecule has 20 heavy (non-hydrogen) atoms. The number of fused-ring (bicyclic) bond motifs is 1. The molecule has 0 unspecified atom stereocenters. The second-order valence-electron chi connectivity index (χ2n) is 4.99. The van der Waals surface area contributed by atoms with Crippen molar-refractivity contribution in [3.8, 4) is 0 Å². The van der Waals surface area contributed by atoms with Gasteiger partial charge in [0.05, 0.1) is 6.54 Å². The van der Waals surface area contributed by atoms with Gasteiger partial charge in [-0.3, -0.25) is 4.79 Å². The van der Waals surface area contributed by atoms with Crippen LogP contribution in [0.2, 0.25) is 0 Å². The summed E-state index contributed by atoms with van der Waals surface area (Å²) in [7, 11) is 0. The van der Waals surface area contributed by atoms with Crippen LogP contribution in [0, 0.1) is 0 Å². The van der Waals surface area contributed by atoms with E-state index in [1.807, 2.05) is 24.3 Å². The molecule has 5 heteroatoms. The molecule has 1 amide bonds. The number of benzene rings is 1. The maximum atomic E-state index is 12.4. The predicted octanol–water partition coefficient (Wildman–Crippen LogP) is 2.22. The van der Waals surface area contributed by atoms with E-state index in [1.165, 1.54) is 0 Å². The molecule has 0 saturated carbocycles. The lowest BCUT2D eigenvalue weighted by molar-refractivity contribution is 0.0721. The van der Waals surface area contributed by atoms with E-state index in [4.69, 9.17) is 4.52 Å². The van der Waals surface area contributed by atoms with Gasteiger partial charge in [0.25, 0.3) is 5.91 Å². The monoisotopic (exact) mass is 271 g/mol. The average molecular weight is 271 g/mol. The van der Waals surface area contributed by atoms with Crippen molar-refractivity contribution in [2.45, 2.75) is 32.7 Å². The first-order valence-electron chi connectivity index (χ1n) is 6.96. The van der Waals surface area contributed by atoms with Gasteiger partial charge < -0.3 is 9.42 Å². The molecule has 0 N–H and O–H groups in total. The highest BCUT2D eigenvalue weighted by atomic mass is 16.5. The van der Waals surface area contributed by atoms with Crippen LogP contribution < -0.4 is 0 Å². The van der Waals surface area contributed by atoms with E-state index in [0.29, 0.717) is 24.8 Å². The molecule has 0 saturated heterocycles. The van der Waals surface area contributed by atoms with Crippen molar-refractivity contribution >= 4 is 5.91 Å². The molecule has 104 valence electrons. The summed E-state index contributed by atoms with van der Waals surface area (Å²) in [6, 6.07) is 7.76. The van der Waals surface area contributed by atoms with Crippen LogP contribution in [0.1, 0.15) is 41.0 Å². The molecule has 2 aromatic rings. The maximum Gasteiger partial charge on any atom is 0.254 e. The molecule has 1 aromatic heterocycles. The normalized spacial score (nSPS) is 14.4. The zero-order valence-electron chi connectivity index (χ0n) is 11.5. The number of aryl methyl sites for hydroxylation is 1. The van der Waals surface area contributed by atoms with Crippen LogP contribution in [0.4, 0.5) is 0 Å². The fraction of sp³-hybridized carbons (Fsp3) is 0.400. The van der Waals surface area contributed by atoms with Gasteiger partial charge in [-0.05, 0) is 24.5 Å². The molecule has 1 aliphatic rings. The molecule has 0 atom stereocenters. The fourth-order valence-electron chi connectivity index (χ4n) is 2.47. The Labute approximate surface area is 117 Å². The summed E-state index contributed by atoms with van der Waals surface area (Å²) in [5, 5.41) is 3.94. The third-order valence-electron chi connectivity index (χ3n) is 3.49. The molecule has 0 spiro atoms. The Hall–Kier alpha value is -2.17. The standard InChI is InChI=1S/C15H17N3O2/c1-2-5-14-16-13(17-20-14)10-18-9-8-11-6-3-4-7-12(11)15(18)19/h3-4,6-7H,2,5,8-10H2,1H3. The third-order valence-corrected chi connectivity index (χ3v) is 3.49. The van der Waals surface area contributed by atoms with Crippen LogP contribution in [0.25, 0.3) is 0 Å². The average Bonchev–Trinajstić information content (AvgIpc) is 2.90. The van der Waals surface area contributed by atoms with Gasteiger partial charge in [-0.1, -0.05) is 30.3 Å². The molecule has 0 aliphatic carbocycles. The largest absolute Gasteiger partial charge is 0.339 e. The van der Waals surface area contributed by atoms with Crippen LogP contribution in [0.5, 0.6) is 0 Å². The van der Waals surface area contributed by atoms with E-state index in [1.54, 1.807) is 4.90 Å². The van der Waals surface area contributed by atoms with Crippen molar-refractivity contribution in [2.75, 3.05) is 6.54 Å². The summed E-state index contributed by atoms with van der Waals surface area (Å²) in [5.41, 5.74) is 1.91. The van der Waals surface area contributed by atoms with E-state index in [0.717, 1.165) is 30.4 Å². The lowest BCUT2D eigenvalue weighted by Gasteiger charge is -2.27. The number of carbonyl (C=O) groups excluding carboxylic acids is 1. The SMILES string of the molecule is CCCc1nc(CN2CCc3ccccc3C2=O)no1. The van der Waals surface area contributed by atoms with E-state index in [9.17, 15) is 4.79 Å². The van der Waals surface area contributed by atoms with Crippen LogP contribution in [-0.2, 0) is 19.4 Å². The molecule has 0 bridgehead atoms. The van der Waals surface area contributed by atoms with Gasteiger partial charge in [-0.2, -0.15) is 4.98 Å². The topological polar surface area (TPSA) is 59.2 Å². The Morgan fingerprint density at radius 3 is 3.05 bits per heavy atom. The van der Waals surface area contributed by atoms with Gasteiger partial charge in [0.1, 0.15) is 0 Å². The van der Waals surface area contributed by atoms with Crippen molar-refractivity contribution in [3.05, 3.63) is 47.1 Å². The first-order valence-corrected chi connectivity index (χ1v) is 6.96. The summed E-state index contributed by atoms with van der Waals surface area (Å²) in [5.74, 6) is 1.28. The van der Waals surface area contributed by atoms with Gasteiger partial charge in [0, 0.05) is 18.5 Å². The van der Waals surface area contributed by atoms with Gasteiger partial charge in [0.15, 0.2) is 5.82 Å². The molecular formula is C15H17N3O2. The smallest absolute Gasteiger partial charge is 0.254 e. The van der Waals surface area contributed by atoms with Crippen LogP contribution in [0.3, 0.4) is 0 Å². The first kappa shape index (κ1) is 12.8. The number of rotatable bonds is 4. The molecular weight excluding hydrogens is 254 g/mol. The van der Waals surface area contributed by atoms with Crippen LogP contribution in [0.15, 0.2) is 28.8 Å². The molecule has 2 heterocycles. The zero-order chi connectivity index (χ0) is 13.9. The van der Waals surface area contributed by atoms with E-state index in [-0.39, 0.29) is 5.91 Å². The highest BCUT2D eigenvalue weighted by molar-refractivity contribution is 5.96. The fourth-order valence-corrected chi connectivity index (χ4v) is 2.47. The minimum absolute atomic E-state index is 0.0497. The van der Waals surface area contributed by atoms with Crippen molar-refractivity contribution in [1.82, 2.24) is 15.0 Å². The summed E-state index contributed by atoms with van der Waals surface area (Å²) in [4.78, 5) is 18.5. The number of amides is 1. The van der Waals surface area contributed by atoms with Gasteiger partial charge in [0.2, 0.25) is 5.89 Å². The van der Waals surface area contributed by atoms with Gasteiger partial charge >= 0.3 is 0 Å². The Balaban J connectivity index is 1.74. The van der Waals surface area contributed by atoms with Crippen molar-refractivity contribution in [3.63, 3.8) is 0 Å². The molecule has 0 radical (unpaired) electrons. The number of nitrogens with zero attached hydrogens (tertiary/aromatic N) is 3.